The van der Waals surface area contributed by atoms with E-state index in [1.54, 1.807) is 4.52 Å². The van der Waals surface area contributed by atoms with E-state index in [0.29, 0.717) is 5.95 Å². The lowest BCUT2D eigenvalue weighted by Gasteiger charge is -2.20. The van der Waals surface area contributed by atoms with Crippen molar-refractivity contribution in [2.75, 3.05) is 11.9 Å². The fourth-order valence-corrected chi connectivity index (χ4v) is 3.01. The molecule has 0 unspecified atom stereocenters. The summed E-state index contributed by atoms with van der Waals surface area (Å²) < 4.78 is 2.75. The highest BCUT2D eigenvalue weighted by Gasteiger charge is 2.13. The van der Waals surface area contributed by atoms with Crippen LogP contribution in [0, 0.1) is 0 Å². The zero-order chi connectivity index (χ0) is 14.2. The largest absolute Gasteiger partial charge is 0.323 e. The number of rotatable bonds is 2. The molecule has 0 spiro atoms. The molecule has 4 rings (SSSR count). The van der Waals surface area contributed by atoms with Gasteiger partial charge in [-0.25, -0.2) is 4.52 Å². The lowest BCUT2D eigenvalue weighted by Crippen LogP contribution is -2.24. The van der Waals surface area contributed by atoms with E-state index in [2.05, 4.69) is 54.8 Å². The predicted octanol–water partition coefficient (Wildman–Crippen LogP) is 2.88. The van der Waals surface area contributed by atoms with Crippen molar-refractivity contribution in [1.82, 2.24) is 19.9 Å². The summed E-state index contributed by atoms with van der Waals surface area (Å²) >= 11 is 3.44. The Morgan fingerprint density at radius 2 is 2.19 bits per heavy atom. The number of nitrogens with zero attached hydrogens (tertiary/aromatic N) is 3. The monoisotopic (exact) mass is 343 g/mol. The molecule has 0 bridgehead atoms. The standard InChI is InChI=1S/C15H14BrN5/c16-11-4-5-14-19-15(20-21(14)9-11)18-13-3-1-2-10-8-17-7-6-12(10)13/h1-5,9,17H,6-8H2,(H,18,20). The molecular weight excluding hydrogens is 330 g/mol. The van der Waals surface area contributed by atoms with Gasteiger partial charge in [0.1, 0.15) is 0 Å². The quantitative estimate of drug-likeness (QED) is 0.751. The maximum absolute atomic E-state index is 4.50. The zero-order valence-corrected chi connectivity index (χ0v) is 12.9. The van der Waals surface area contributed by atoms with Crippen molar-refractivity contribution >= 4 is 33.2 Å². The first-order valence-electron chi connectivity index (χ1n) is 6.90. The molecule has 0 saturated heterocycles. The fraction of sp³-hybridized carbons (Fsp3) is 0.200. The molecule has 0 radical (unpaired) electrons. The van der Waals surface area contributed by atoms with Crippen LogP contribution >= 0.6 is 15.9 Å². The summed E-state index contributed by atoms with van der Waals surface area (Å²) in [6, 6.07) is 10.2. The maximum Gasteiger partial charge on any atom is 0.247 e. The van der Waals surface area contributed by atoms with Gasteiger partial charge in [-0.05, 0) is 58.2 Å². The Morgan fingerprint density at radius 3 is 3.14 bits per heavy atom. The summed E-state index contributed by atoms with van der Waals surface area (Å²) in [6.07, 6.45) is 2.93. The molecule has 21 heavy (non-hydrogen) atoms. The minimum atomic E-state index is 0.625. The molecule has 0 saturated carbocycles. The first-order chi connectivity index (χ1) is 10.3. The van der Waals surface area contributed by atoms with Crippen LogP contribution in [0.1, 0.15) is 11.1 Å². The topological polar surface area (TPSA) is 54.2 Å². The molecule has 2 N–H and O–H groups in total. The van der Waals surface area contributed by atoms with E-state index in [1.807, 2.05) is 18.3 Å². The van der Waals surface area contributed by atoms with Gasteiger partial charge in [-0.2, -0.15) is 4.98 Å². The number of fused-ring (bicyclic) bond motifs is 2. The van der Waals surface area contributed by atoms with Gasteiger partial charge in [-0.1, -0.05) is 12.1 Å². The molecule has 6 heteroatoms. The molecule has 5 nitrogen and oxygen atoms in total. The van der Waals surface area contributed by atoms with E-state index in [9.17, 15) is 0 Å². The van der Waals surface area contributed by atoms with Gasteiger partial charge in [0.2, 0.25) is 5.95 Å². The minimum absolute atomic E-state index is 0.625. The molecule has 0 atom stereocenters. The van der Waals surface area contributed by atoms with Crippen LogP contribution in [0.3, 0.4) is 0 Å². The Bertz CT molecular complexity index is 811. The number of halogens is 1. The zero-order valence-electron chi connectivity index (χ0n) is 11.3. The Hall–Kier alpha value is -1.92. The third kappa shape index (κ3) is 2.41. The highest BCUT2D eigenvalue weighted by Crippen LogP contribution is 2.25. The van der Waals surface area contributed by atoms with Gasteiger partial charge in [0.15, 0.2) is 5.65 Å². The van der Waals surface area contributed by atoms with E-state index >= 15 is 0 Å². The molecule has 3 aromatic rings. The maximum atomic E-state index is 4.50. The van der Waals surface area contributed by atoms with Gasteiger partial charge in [0, 0.05) is 22.9 Å². The lowest BCUT2D eigenvalue weighted by molar-refractivity contribution is 0.645. The van der Waals surface area contributed by atoms with Gasteiger partial charge in [0.25, 0.3) is 0 Å². The van der Waals surface area contributed by atoms with Crippen molar-refractivity contribution in [2.45, 2.75) is 13.0 Å². The average molecular weight is 344 g/mol. The molecule has 3 heterocycles. The molecule has 1 aromatic carbocycles. The van der Waals surface area contributed by atoms with E-state index < -0.39 is 0 Å². The third-order valence-electron chi connectivity index (χ3n) is 3.68. The molecular formula is C15H14BrN5. The molecule has 0 amide bonds. The summed E-state index contributed by atoms with van der Waals surface area (Å²) in [6.45, 7) is 1.94. The van der Waals surface area contributed by atoms with Crippen LogP contribution in [0.4, 0.5) is 11.6 Å². The van der Waals surface area contributed by atoms with E-state index in [-0.39, 0.29) is 0 Å². The number of benzene rings is 1. The van der Waals surface area contributed by atoms with Crippen molar-refractivity contribution < 1.29 is 0 Å². The van der Waals surface area contributed by atoms with Gasteiger partial charge in [-0.3, -0.25) is 0 Å². The van der Waals surface area contributed by atoms with Crippen molar-refractivity contribution in [1.29, 1.82) is 0 Å². The van der Waals surface area contributed by atoms with Crippen molar-refractivity contribution in [2.24, 2.45) is 0 Å². The third-order valence-corrected chi connectivity index (χ3v) is 4.15. The smallest absolute Gasteiger partial charge is 0.247 e. The summed E-state index contributed by atoms with van der Waals surface area (Å²) in [5, 5.41) is 11.2. The van der Waals surface area contributed by atoms with Crippen LogP contribution in [0.2, 0.25) is 0 Å². The van der Waals surface area contributed by atoms with Crippen LogP contribution < -0.4 is 10.6 Å². The molecule has 2 aromatic heterocycles. The first kappa shape index (κ1) is 12.8. The van der Waals surface area contributed by atoms with Crippen LogP contribution in [0.5, 0.6) is 0 Å². The van der Waals surface area contributed by atoms with Crippen LogP contribution in [-0.4, -0.2) is 21.1 Å². The second-order valence-corrected chi connectivity index (χ2v) is 6.00. The first-order valence-corrected chi connectivity index (χ1v) is 7.69. The van der Waals surface area contributed by atoms with Gasteiger partial charge >= 0.3 is 0 Å². The summed E-state index contributed by atoms with van der Waals surface area (Å²) in [7, 11) is 0. The minimum Gasteiger partial charge on any atom is -0.323 e. The summed E-state index contributed by atoms with van der Waals surface area (Å²) in [5.74, 6) is 0.625. The molecule has 1 aliphatic rings. The lowest BCUT2D eigenvalue weighted by atomic mass is 9.99. The Labute approximate surface area is 130 Å². The Kier molecular flexibility index (Phi) is 3.12. The van der Waals surface area contributed by atoms with E-state index in [0.717, 1.165) is 35.3 Å². The molecule has 0 aliphatic carbocycles. The molecule has 106 valence electrons. The van der Waals surface area contributed by atoms with E-state index in [1.165, 1.54) is 11.1 Å². The molecule has 1 aliphatic heterocycles. The van der Waals surface area contributed by atoms with Gasteiger partial charge in [-0.15, -0.1) is 5.10 Å². The summed E-state index contributed by atoms with van der Waals surface area (Å²) in [5.41, 5.74) is 4.63. The highest BCUT2D eigenvalue weighted by molar-refractivity contribution is 9.10. The van der Waals surface area contributed by atoms with E-state index in [4.69, 9.17) is 0 Å². The van der Waals surface area contributed by atoms with Crippen LogP contribution in [0.15, 0.2) is 41.0 Å². The SMILES string of the molecule is Brc1ccc2nc(Nc3cccc4c3CCNC4)nn2c1. The van der Waals surface area contributed by atoms with Gasteiger partial charge < -0.3 is 10.6 Å². The van der Waals surface area contributed by atoms with Gasteiger partial charge in [0.05, 0.1) is 0 Å². The second-order valence-electron chi connectivity index (χ2n) is 5.08. The second kappa shape index (κ2) is 5.13. The summed E-state index contributed by atoms with van der Waals surface area (Å²) in [4.78, 5) is 4.50. The number of hydrogen-bond acceptors (Lipinski definition) is 4. The van der Waals surface area contributed by atoms with Crippen molar-refractivity contribution in [3.63, 3.8) is 0 Å². The number of nitrogens with one attached hydrogen (secondary N) is 2. The van der Waals surface area contributed by atoms with Crippen LogP contribution in [-0.2, 0) is 13.0 Å². The number of hydrogen-bond donors (Lipinski definition) is 2. The van der Waals surface area contributed by atoms with Crippen molar-refractivity contribution in [3.8, 4) is 0 Å². The Balaban J connectivity index is 1.71. The fourth-order valence-electron chi connectivity index (χ4n) is 2.68. The highest BCUT2D eigenvalue weighted by atomic mass is 79.9. The predicted molar refractivity (Wildman–Crippen MR) is 85.8 cm³/mol. The Morgan fingerprint density at radius 1 is 1.24 bits per heavy atom. The van der Waals surface area contributed by atoms with Crippen LogP contribution in [0.25, 0.3) is 5.65 Å². The number of aromatic nitrogens is 3. The average Bonchev–Trinajstić information content (AvgIpc) is 2.89. The number of pyridine rings is 1. The van der Waals surface area contributed by atoms with Crippen molar-refractivity contribution in [3.05, 3.63) is 52.1 Å². The number of anilines is 2. The molecule has 0 fully saturated rings. The normalized spacial score (nSPS) is 14.1.